The van der Waals surface area contributed by atoms with Crippen molar-refractivity contribution < 1.29 is 0 Å². The van der Waals surface area contributed by atoms with E-state index in [4.69, 9.17) is 5.73 Å². The summed E-state index contributed by atoms with van der Waals surface area (Å²) in [5.41, 5.74) is 5.75. The summed E-state index contributed by atoms with van der Waals surface area (Å²) in [6, 6.07) is 2.47. The molecule has 2 heterocycles. The van der Waals surface area contributed by atoms with Gasteiger partial charge in [-0.15, -0.1) is 11.3 Å². The first-order valence-corrected chi connectivity index (χ1v) is 7.63. The molecule has 1 atom stereocenters. The molecule has 2 aromatic heterocycles. The SMILES string of the molecule is CSCC(C)N(C)c1nc(N)nc2sccc12. The molecule has 0 aliphatic heterocycles. The summed E-state index contributed by atoms with van der Waals surface area (Å²) in [5.74, 6) is 2.33. The van der Waals surface area contributed by atoms with Crippen LogP contribution in [0.15, 0.2) is 11.4 Å². The Bertz CT molecular complexity index is 511. The minimum Gasteiger partial charge on any atom is -0.368 e. The number of nitrogens with two attached hydrogens (primary N) is 1. The normalized spacial score (nSPS) is 12.9. The predicted octanol–water partition coefficient (Wildman–Crippen LogP) is 2.46. The van der Waals surface area contributed by atoms with Crippen LogP contribution in [0.5, 0.6) is 0 Å². The Labute approximate surface area is 109 Å². The third kappa shape index (κ3) is 2.47. The maximum Gasteiger partial charge on any atom is 0.223 e. The molecule has 0 aliphatic rings. The van der Waals surface area contributed by atoms with Gasteiger partial charge in [0.05, 0.1) is 5.39 Å². The monoisotopic (exact) mass is 268 g/mol. The molecule has 2 rings (SSSR count). The lowest BCUT2D eigenvalue weighted by molar-refractivity contribution is 0.757. The Balaban J connectivity index is 2.43. The van der Waals surface area contributed by atoms with Crippen LogP contribution >= 0.6 is 23.1 Å². The number of hydrogen-bond acceptors (Lipinski definition) is 6. The van der Waals surface area contributed by atoms with Gasteiger partial charge in [-0.1, -0.05) is 0 Å². The van der Waals surface area contributed by atoms with Gasteiger partial charge in [0, 0.05) is 18.8 Å². The Kier molecular flexibility index (Phi) is 3.73. The van der Waals surface area contributed by atoms with Crippen molar-refractivity contribution in [2.24, 2.45) is 0 Å². The highest BCUT2D eigenvalue weighted by molar-refractivity contribution is 7.98. The van der Waals surface area contributed by atoms with Crippen molar-refractivity contribution in [3.05, 3.63) is 11.4 Å². The minimum atomic E-state index is 0.346. The van der Waals surface area contributed by atoms with E-state index in [1.807, 2.05) is 17.1 Å². The second kappa shape index (κ2) is 5.10. The molecule has 1 unspecified atom stereocenters. The maximum absolute atomic E-state index is 5.75. The number of fused-ring (bicyclic) bond motifs is 1. The summed E-state index contributed by atoms with van der Waals surface area (Å²) in [5, 5.41) is 3.11. The summed E-state index contributed by atoms with van der Waals surface area (Å²) in [6.07, 6.45) is 2.11. The third-order valence-electron chi connectivity index (χ3n) is 2.73. The fraction of sp³-hybridized carbons (Fsp3) is 0.455. The molecule has 2 aromatic rings. The van der Waals surface area contributed by atoms with Crippen LogP contribution < -0.4 is 10.6 Å². The van der Waals surface area contributed by atoms with Gasteiger partial charge in [-0.2, -0.15) is 16.7 Å². The summed E-state index contributed by atoms with van der Waals surface area (Å²) in [7, 11) is 2.06. The Hall–Kier alpha value is -1.01. The second-order valence-electron chi connectivity index (χ2n) is 3.96. The van der Waals surface area contributed by atoms with Gasteiger partial charge >= 0.3 is 0 Å². The highest BCUT2D eigenvalue weighted by Crippen LogP contribution is 2.29. The van der Waals surface area contributed by atoms with Gasteiger partial charge in [0.25, 0.3) is 0 Å². The first kappa shape index (κ1) is 12.4. The van der Waals surface area contributed by atoms with E-state index in [0.29, 0.717) is 12.0 Å². The van der Waals surface area contributed by atoms with Crippen LogP contribution in [0.1, 0.15) is 6.92 Å². The van der Waals surface area contributed by atoms with Crippen LogP contribution in [0.25, 0.3) is 10.2 Å². The van der Waals surface area contributed by atoms with E-state index in [-0.39, 0.29) is 0 Å². The fourth-order valence-electron chi connectivity index (χ4n) is 1.69. The molecule has 0 fully saturated rings. The largest absolute Gasteiger partial charge is 0.368 e. The summed E-state index contributed by atoms with van der Waals surface area (Å²) in [6.45, 7) is 2.19. The van der Waals surface area contributed by atoms with Crippen molar-refractivity contribution in [2.45, 2.75) is 13.0 Å². The van der Waals surface area contributed by atoms with E-state index in [1.54, 1.807) is 11.3 Å². The Morgan fingerprint density at radius 3 is 3.00 bits per heavy atom. The average Bonchev–Trinajstić information content (AvgIpc) is 2.75. The number of aromatic nitrogens is 2. The first-order chi connectivity index (χ1) is 8.13. The second-order valence-corrected chi connectivity index (χ2v) is 5.77. The molecule has 0 aromatic carbocycles. The summed E-state index contributed by atoms with van der Waals surface area (Å²) in [4.78, 5) is 11.7. The number of thiophene rings is 1. The zero-order valence-electron chi connectivity index (χ0n) is 10.2. The highest BCUT2D eigenvalue weighted by atomic mass is 32.2. The molecule has 0 amide bonds. The molecule has 4 nitrogen and oxygen atoms in total. The maximum atomic E-state index is 5.75. The smallest absolute Gasteiger partial charge is 0.223 e. The molecule has 2 N–H and O–H groups in total. The lowest BCUT2D eigenvalue weighted by Crippen LogP contribution is -2.31. The van der Waals surface area contributed by atoms with E-state index in [1.165, 1.54) is 0 Å². The molecule has 0 saturated carbocycles. The van der Waals surface area contributed by atoms with E-state index in [9.17, 15) is 0 Å². The number of hydrogen-bond donors (Lipinski definition) is 1. The molecule has 6 heteroatoms. The van der Waals surface area contributed by atoms with Crippen molar-refractivity contribution in [1.82, 2.24) is 9.97 Å². The Morgan fingerprint density at radius 2 is 2.29 bits per heavy atom. The Morgan fingerprint density at radius 1 is 1.53 bits per heavy atom. The van der Waals surface area contributed by atoms with Crippen LogP contribution in [0.4, 0.5) is 11.8 Å². The van der Waals surface area contributed by atoms with Crippen LogP contribution in [0.2, 0.25) is 0 Å². The first-order valence-electron chi connectivity index (χ1n) is 5.36. The third-order valence-corrected chi connectivity index (χ3v) is 4.35. The number of thioether (sulfide) groups is 1. The topological polar surface area (TPSA) is 55.0 Å². The molecular weight excluding hydrogens is 252 g/mol. The minimum absolute atomic E-state index is 0.346. The predicted molar refractivity (Wildman–Crippen MR) is 78.1 cm³/mol. The van der Waals surface area contributed by atoms with Gasteiger partial charge in [-0.25, -0.2) is 4.98 Å². The quantitative estimate of drug-likeness (QED) is 0.923. The van der Waals surface area contributed by atoms with Crippen molar-refractivity contribution in [2.75, 3.05) is 29.7 Å². The van der Waals surface area contributed by atoms with Gasteiger partial charge in [0.2, 0.25) is 5.95 Å². The highest BCUT2D eigenvalue weighted by Gasteiger charge is 2.15. The molecule has 0 aliphatic carbocycles. The number of anilines is 2. The molecule has 92 valence electrons. The van der Waals surface area contributed by atoms with Gasteiger partial charge in [-0.05, 0) is 24.6 Å². The molecule has 17 heavy (non-hydrogen) atoms. The number of nitrogen functional groups attached to an aromatic ring is 1. The molecule has 0 spiro atoms. The van der Waals surface area contributed by atoms with Crippen molar-refractivity contribution in [3.63, 3.8) is 0 Å². The van der Waals surface area contributed by atoms with Crippen LogP contribution in [0, 0.1) is 0 Å². The number of nitrogens with zero attached hydrogens (tertiary/aromatic N) is 3. The van der Waals surface area contributed by atoms with Crippen molar-refractivity contribution >= 4 is 45.1 Å². The van der Waals surface area contributed by atoms with Gasteiger partial charge in [-0.3, -0.25) is 0 Å². The van der Waals surface area contributed by atoms with Crippen LogP contribution in [0.3, 0.4) is 0 Å². The number of rotatable bonds is 4. The van der Waals surface area contributed by atoms with E-state index in [2.05, 4.69) is 41.2 Å². The zero-order valence-corrected chi connectivity index (χ0v) is 11.8. The van der Waals surface area contributed by atoms with Gasteiger partial charge in [0.1, 0.15) is 10.6 Å². The van der Waals surface area contributed by atoms with Crippen LogP contribution in [-0.2, 0) is 0 Å². The lowest BCUT2D eigenvalue weighted by Gasteiger charge is -2.26. The molecule has 0 radical (unpaired) electrons. The fourth-order valence-corrected chi connectivity index (χ4v) is 3.16. The zero-order chi connectivity index (χ0) is 12.4. The lowest BCUT2D eigenvalue weighted by atomic mass is 10.3. The van der Waals surface area contributed by atoms with Crippen molar-refractivity contribution in [1.29, 1.82) is 0 Å². The average molecular weight is 268 g/mol. The van der Waals surface area contributed by atoms with Crippen LogP contribution in [-0.4, -0.2) is 35.1 Å². The van der Waals surface area contributed by atoms with Crippen molar-refractivity contribution in [3.8, 4) is 0 Å². The van der Waals surface area contributed by atoms with Gasteiger partial charge < -0.3 is 10.6 Å². The van der Waals surface area contributed by atoms with E-state index in [0.717, 1.165) is 21.8 Å². The van der Waals surface area contributed by atoms with E-state index >= 15 is 0 Å². The van der Waals surface area contributed by atoms with E-state index < -0.39 is 0 Å². The summed E-state index contributed by atoms with van der Waals surface area (Å²) < 4.78 is 0. The standard InChI is InChI=1S/C11H16N4S2/c1-7(6-16-3)15(2)9-8-4-5-17-10(8)14-11(12)13-9/h4-5,7H,6H2,1-3H3,(H2,12,13,14). The van der Waals surface area contributed by atoms with Gasteiger partial charge in [0.15, 0.2) is 0 Å². The molecule has 0 bridgehead atoms. The molecular formula is C11H16N4S2. The summed E-state index contributed by atoms with van der Waals surface area (Å²) >= 11 is 3.43. The molecule has 0 saturated heterocycles.